The molecule has 0 aliphatic carbocycles. The molecule has 0 bridgehead atoms. The van der Waals surface area contributed by atoms with Crippen molar-refractivity contribution in [3.8, 4) is 11.5 Å². The van der Waals surface area contributed by atoms with Gasteiger partial charge in [-0.05, 0) is 31.0 Å². The molecule has 6 heteroatoms. The van der Waals surface area contributed by atoms with Gasteiger partial charge in [0, 0.05) is 12.1 Å². The largest absolute Gasteiger partial charge is 0.493 e. The van der Waals surface area contributed by atoms with Gasteiger partial charge in [-0.15, -0.1) is 0 Å². The van der Waals surface area contributed by atoms with Crippen molar-refractivity contribution in [1.82, 2.24) is 0 Å². The Kier molecular flexibility index (Phi) is 5.01. The summed E-state index contributed by atoms with van der Waals surface area (Å²) in [5.41, 5.74) is 1.64. The highest BCUT2D eigenvalue weighted by atomic mass is 16.7. The van der Waals surface area contributed by atoms with Crippen LogP contribution < -0.4 is 14.4 Å². The van der Waals surface area contributed by atoms with Gasteiger partial charge in [-0.3, -0.25) is 4.79 Å². The third-order valence-electron chi connectivity index (χ3n) is 4.83. The second-order valence-electron chi connectivity index (χ2n) is 6.49. The van der Waals surface area contributed by atoms with Gasteiger partial charge in [0.05, 0.1) is 32.6 Å². The van der Waals surface area contributed by atoms with Crippen LogP contribution in [0.25, 0.3) is 0 Å². The molecule has 27 heavy (non-hydrogen) atoms. The molecule has 1 amide bonds. The fourth-order valence-corrected chi connectivity index (χ4v) is 3.57. The highest BCUT2D eigenvalue weighted by Crippen LogP contribution is 2.45. The summed E-state index contributed by atoms with van der Waals surface area (Å²) in [6.07, 6.45) is 1.47. The molecule has 1 spiro atoms. The van der Waals surface area contributed by atoms with E-state index in [0.29, 0.717) is 44.3 Å². The molecular weight excluding hydrogens is 346 g/mol. The molecule has 2 aromatic carbocycles. The zero-order valence-corrected chi connectivity index (χ0v) is 15.3. The summed E-state index contributed by atoms with van der Waals surface area (Å²) in [6.45, 7) is 2.04. The molecule has 1 saturated heterocycles. The van der Waals surface area contributed by atoms with Crippen molar-refractivity contribution in [1.29, 1.82) is 0 Å². The first kappa shape index (κ1) is 17.8. The van der Waals surface area contributed by atoms with Gasteiger partial charge in [0.15, 0.2) is 11.5 Å². The first-order valence-electron chi connectivity index (χ1n) is 9.21. The number of hydrogen-bond donors (Lipinski definition) is 0. The maximum atomic E-state index is 13.1. The SMILES string of the molecule is COc1ccccc1OCCCN1C(=O)C2(OCCCO2)c2ccccc21. The fraction of sp³-hybridized carbons (Fsp3) is 0.381. The van der Waals surface area contributed by atoms with Gasteiger partial charge in [-0.1, -0.05) is 30.3 Å². The van der Waals surface area contributed by atoms with E-state index in [2.05, 4.69) is 0 Å². The molecule has 2 aliphatic heterocycles. The molecule has 0 saturated carbocycles. The lowest BCUT2D eigenvalue weighted by molar-refractivity contribution is -0.256. The minimum absolute atomic E-state index is 0.152. The Balaban J connectivity index is 1.44. The van der Waals surface area contributed by atoms with Crippen molar-refractivity contribution in [3.05, 3.63) is 54.1 Å². The Morgan fingerprint density at radius 3 is 2.52 bits per heavy atom. The van der Waals surface area contributed by atoms with Crippen LogP contribution in [-0.4, -0.2) is 39.4 Å². The highest BCUT2D eigenvalue weighted by molar-refractivity contribution is 6.06. The summed E-state index contributed by atoms with van der Waals surface area (Å²) < 4.78 is 22.8. The standard InChI is InChI=1S/C21H23NO5/c1-24-18-10-4-5-11-19(18)25-13-6-12-22-17-9-3-2-8-16(17)21(20(22)23)26-14-7-15-27-21/h2-5,8-11H,6-7,12-15H2,1H3. The highest BCUT2D eigenvalue weighted by Gasteiger charge is 2.54. The minimum Gasteiger partial charge on any atom is -0.493 e. The van der Waals surface area contributed by atoms with Crippen molar-refractivity contribution >= 4 is 11.6 Å². The maximum absolute atomic E-state index is 13.1. The number of ether oxygens (including phenoxy) is 4. The zero-order valence-electron chi connectivity index (χ0n) is 15.3. The first-order chi connectivity index (χ1) is 13.3. The number of anilines is 1. The second-order valence-corrected chi connectivity index (χ2v) is 6.49. The van der Waals surface area contributed by atoms with Crippen LogP contribution >= 0.6 is 0 Å². The number of fused-ring (bicyclic) bond motifs is 2. The van der Waals surface area contributed by atoms with Gasteiger partial charge >= 0.3 is 0 Å². The number of para-hydroxylation sites is 3. The van der Waals surface area contributed by atoms with Crippen LogP contribution in [0.3, 0.4) is 0 Å². The summed E-state index contributed by atoms with van der Waals surface area (Å²) in [7, 11) is 1.62. The first-order valence-corrected chi connectivity index (χ1v) is 9.21. The molecule has 0 radical (unpaired) electrons. The van der Waals surface area contributed by atoms with Gasteiger partial charge in [0.2, 0.25) is 0 Å². The number of carbonyl (C=O) groups is 1. The summed E-state index contributed by atoms with van der Waals surface area (Å²) in [6, 6.07) is 15.2. The summed E-state index contributed by atoms with van der Waals surface area (Å²) in [5, 5.41) is 0. The lowest BCUT2D eigenvalue weighted by Gasteiger charge is -2.32. The quantitative estimate of drug-likeness (QED) is 0.733. The van der Waals surface area contributed by atoms with Gasteiger partial charge in [0.1, 0.15) is 0 Å². The Hall–Kier alpha value is -2.57. The molecule has 4 rings (SSSR count). The average Bonchev–Trinajstić information content (AvgIpc) is 2.95. The molecule has 0 atom stereocenters. The van der Waals surface area contributed by atoms with Crippen molar-refractivity contribution in [2.24, 2.45) is 0 Å². The number of rotatable bonds is 6. The van der Waals surface area contributed by atoms with E-state index >= 15 is 0 Å². The number of benzene rings is 2. The van der Waals surface area contributed by atoms with Crippen molar-refractivity contribution in [3.63, 3.8) is 0 Å². The lowest BCUT2D eigenvalue weighted by atomic mass is 10.1. The Morgan fingerprint density at radius 2 is 1.74 bits per heavy atom. The third-order valence-corrected chi connectivity index (χ3v) is 4.83. The van der Waals surface area contributed by atoms with Gasteiger partial charge in [-0.25, -0.2) is 0 Å². The number of methoxy groups -OCH3 is 1. The maximum Gasteiger partial charge on any atom is 0.292 e. The Morgan fingerprint density at radius 1 is 1.04 bits per heavy atom. The van der Waals surface area contributed by atoms with E-state index in [9.17, 15) is 4.79 Å². The summed E-state index contributed by atoms with van der Waals surface area (Å²) >= 11 is 0. The monoisotopic (exact) mass is 369 g/mol. The minimum atomic E-state index is -1.28. The fourth-order valence-electron chi connectivity index (χ4n) is 3.57. The molecule has 142 valence electrons. The van der Waals surface area contributed by atoms with Crippen molar-refractivity contribution in [2.75, 3.05) is 38.4 Å². The smallest absolute Gasteiger partial charge is 0.292 e. The average molecular weight is 369 g/mol. The lowest BCUT2D eigenvalue weighted by Crippen LogP contribution is -2.47. The molecule has 6 nitrogen and oxygen atoms in total. The number of amides is 1. The van der Waals surface area contributed by atoms with Crippen molar-refractivity contribution in [2.45, 2.75) is 18.6 Å². The van der Waals surface area contributed by atoms with E-state index < -0.39 is 5.79 Å². The molecule has 1 fully saturated rings. The van der Waals surface area contributed by atoms with E-state index in [1.165, 1.54) is 0 Å². The molecule has 0 unspecified atom stereocenters. The van der Waals surface area contributed by atoms with Crippen LogP contribution in [0.4, 0.5) is 5.69 Å². The van der Waals surface area contributed by atoms with Crippen LogP contribution in [-0.2, 0) is 20.1 Å². The number of carbonyl (C=O) groups excluding carboxylic acids is 1. The second kappa shape index (κ2) is 7.58. The molecule has 2 aliphatic rings. The van der Waals surface area contributed by atoms with E-state index in [-0.39, 0.29) is 5.91 Å². The molecule has 0 aromatic heterocycles. The normalized spacial score (nSPS) is 17.8. The summed E-state index contributed by atoms with van der Waals surface area (Å²) in [4.78, 5) is 14.9. The van der Waals surface area contributed by atoms with Crippen LogP contribution in [0.2, 0.25) is 0 Å². The number of hydrogen-bond acceptors (Lipinski definition) is 5. The molecule has 0 N–H and O–H groups in total. The van der Waals surface area contributed by atoms with Crippen molar-refractivity contribution < 1.29 is 23.7 Å². The van der Waals surface area contributed by atoms with Crippen LogP contribution in [0.15, 0.2) is 48.5 Å². The van der Waals surface area contributed by atoms with E-state index in [1.54, 1.807) is 12.0 Å². The number of nitrogens with zero attached hydrogens (tertiary/aromatic N) is 1. The molecule has 2 heterocycles. The zero-order chi connectivity index (χ0) is 18.7. The van der Waals surface area contributed by atoms with E-state index in [1.807, 2.05) is 48.5 Å². The van der Waals surface area contributed by atoms with Gasteiger partial charge in [-0.2, -0.15) is 0 Å². The third kappa shape index (κ3) is 3.15. The van der Waals surface area contributed by atoms with E-state index in [4.69, 9.17) is 18.9 Å². The van der Waals surface area contributed by atoms with Crippen LogP contribution in [0.1, 0.15) is 18.4 Å². The van der Waals surface area contributed by atoms with Gasteiger partial charge in [0.25, 0.3) is 11.7 Å². The Labute approximate surface area is 158 Å². The predicted molar refractivity (Wildman–Crippen MR) is 100 cm³/mol. The van der Waals surface area contributed by atoms with Crippen LogP contribution in [0, 0.1) is 0 Å². The van der Waals surface area contributed by atoms with E-state index in [0.717, 1.165) is 17.7 Å². The van der Waals surface area contributed by atoms with Gasteiger partial charge < -0.3 is 23.8 Å². The Bertz CT molecular complexity index is 816. The summed E-state index contributed by atoms with van der Waals surface area (Å²) in [5.74, 6) is -0.0365. The van der Waals surface area contributed by atoms with Crippen LogP contribution in [0.5, 0.6) is 11.5 Å². The topological polar surface area (TPSA) is 57.2 Å². The predicted octanol–water partition coefficient (Wildman–Crippen LogP) is 3.10. The molecular formula is C21H23NO5. The molecule has 2 aromatic rings.